The lowest BCUT2D eigenvalue weighted by atomic mass is 10.1. The van der Waals surface area contributed by atoms with Gasteiger partial charge in [-0.3, -0.25) is 0 Å². The Hall–Kier alpha value is -2.16. The molecule has 0 heterocycles. The van der Waals surface area contributed by atoms with Crippen LogP contribution in [0.5, 0.6) is 0 Å². The third-order valence-electron chi connectivity index (χ3n) is 2.41. The number of urea groups is 1. The molecule has 7 nitrogen and oxygen atoms in total. The number of carbonyl (C=O) groups is 2. The average molecular weight is 318 g/mol. The van der Waals surface area contributed by atoms with Crippen molar-refractivity contribution in [3.63, 3.8) is 0 Å². The van der Waals surface area contributed by atoms with Crippen LogP contribution in [-0.4, -0.2) is 43.6 Å². The van der Waals surface area contributed by atoms with Gasteiger partial charge < -0.3 is 15.7 Å². The van der Waals surface area contributed by atoms with E-state index in [-0.39, 0.29) is 11.4 Å². The number of nitrogens with one attached hydrogen (secondary N) is 2. The standard InChI is InChI=1S/C12H15FN2O5S/c1-7(6-21(2,19)20)14-12(18)15-9-5-3-4-8(13)10(9)11(16)17/h3-5,7H,6H2,1-2H3,(H,16,17)(H2,14,15,18). The summed E-state index contributed by atoms with van der Waals surface area (Å²) in [6.45, 7) is 1.48. The van der Waals surface area contributed by atoms with Gasteiger partial charge in [-0.1, -0.05) is 6.07 Å². The number of carboxylic acid groups (broad SMARTS) is 1. The number of carbonyl (C=O) groups excluding carboxylic acids is 1. The number of hydrogen-bond acceptors (Lipinski definition) is 4. The molecule has 0 bridgehead atoms. The lowest BCUT2D eigenvalue weighted by Gasteiger charge is -2.14. The van der Waals surface area contributed by atoms with E-state index in [1.54, 1.807) is 0 Å². The molecule has 0 saturated carbocycles. The Morgan fingerprint density at radius 3 is 2.52 bits per heavy atom. The maximum Gasteiger partial charge on any atom is 0.340 e. The minimum atomic E-state index is -3.27. The summed E-state index contributed by atoms with van der Waals surface area (Å²) in [7, 11) is -3.27. The second-order valence-electron chi connectivity index (χ2n) is 4.56. The van der Waals surface area contributed by atoms with Crippen LogP contribution < -0.4 is 10.6 Å². The summed E-state index contributed by atoms with van der Waals surface area (Å²) in [5, 5.41) is 13.4. The number of anilines is 1. The molecule has 0 fully saturated rings. The molecule has 1 aromatic rings. The van der Waals surface area contributed by atoms with E-state index in [0.717, 1.165) is 12.3 Å². The fraction of sp³-hybridized carbons (Fsp3) is 0.333. The van der Waals surface area contributed by atoms with E-state index in [2.05, 4.69) is 10.6 Å². The molecule has 0 aliphatic rings. The number of benzene rings is 1. The fourth-order valence-electron chi connectivity index (χ4n) is 1.72. The monoisotopic (exact) mass is 318 g/mol. The van der Waals surface area contributed by atoms with Crippen molar-refractivity contribution in [3.8, 4) is 0 Å². The Labute approximate surface area is 121 Å². The minimum absolute atomic E-state index is 0.216. The molecule has 3 N–H and O–H groups in total. The number of halogens is 1. The topological polar surface area (TPSA) is 113 Å². The minimum Gasteiger partial charge on any atom is -0.478 e. The molecule has 2 amide bonds. The zero-order valence-corrected chi connectivity index (χ0v) is 12.2. The summed E-state index contributed by atoms with van der Waals surface area (Å²) < 4.78 is 35.5. The maximum absolute atomic E-state index is 13.4. The summed E-state index contributed by atoms with van der Waals surface area (Å²) in [4.78, 5) is 22.6. The summed E-state index contributed by atoms with van der Waals surface area (Å²) in [5.74, 6) is -2.77. The van der Waals surface area contributed by atoms with E-state index in [1.165, 1.54) is 19.1 Å². The Balaban J connectivity index is 2.81. The van der Waals surface area contributed by atoms with E-state index in [4.69, 9.17) is 5.11 Å². The highest BCUT2D eigenvalue weighted by Gasteiger charge is 2.18. The molecule has 0 aromatic heterocycles. The van der Waals surface area contributed by atoms with Gasteiger partial charge in [-0.05, 0) is 19.1 Å². The number of rotatable bonds is 5. The molecule has 0 radical (unpaired) electrons. The SMILES string of the molecule is CC(CS(C)(=O)=O)NC(=O)Nc1cccc(F)c1C(=O)O. The fourth-order valence-corrected chi connectivity index (χ4v) is 2.72. The largest absolute Gasteiger partial charge is 0.478 e. The van der Waals surface area contributed by atoms with Crippen molar-refractivity contribution in [2.45, 2.75) is 13.0 Å². The predicted octanol–water partition coefficient (Wildman–Crippen LogP) is 1.08. The van der Waals surface area contributed by atoms with E-state index in [9.17, 15) is 22.4 Å². The van der Waals surface area contributed by atoms with Crippen molar-refractivity contribution >= 4 is 27.5 Å². The Morgan fingerprint density at radius 1 is 1.38 bits per heavy atom. The normalized spacial score (nSPS) is 12.5. The van der Waals surface area contributed by atoms with Gasteiger partial charge in [0.25, 0.3) is 0 Å². The average Bonchev–Trinajstić information content (AvgIpc) is 2.24. The zero-order valence-electron chi connectivity index (χ0n) is 11.4. The summed E-state index contributed by atoms with van der Waals surface area (Å²) in [6, 6.07) is 1.94. The lowest BCUT2D eigenvalue weighted by molar-refractivity contribution is 0.0693. The van der Waals surface area contributed by atoms with Crippen molar-refractivity contribution in [3.05, 3.63) is 29.6 Å². The van der Waals surface area contributed by atoms with Crippen LogP contribution >= 0.6 is 0 Å². The summed E-state index contributed by atoms with van der Waals surface area (Å²) >= 11 is 0. The third-order valence-corrected chi connectivity index (χ3v) is 3.51. The molecule has 1 aromatic carbocycles. The molecular formula is C12H15FN2O5S. The van der Waals surface area contributed by atoms with Crippen LogP contribution in [0, 0.1) is 5.82 Å². The Bertz CT molecular complexity index is 660. The van der Waals surface area contributed by atoms with E-state index in [0.29, 0.717) is 0 Å². The van der Waals surface area contributed by atoms with Gasteiger partial charge in [-0.2, -0.15) is 0 Å². The third kappa shape index (κ3) is 5.38. The first-order valence-corrected chi connectivity index (χ1v) is 7.93. The molecule has 116 valence electrons. The van der Waals surface area contributed by atoms with E-state index in [1.807, 2.05) is 0 Å². The van der Waals surface area contributed by atoms with E-state index < -0.39 is 39.3 Å². The van der Waals surface area contributed by atoms with Crippen LogP contribution in [0.2, 0.25) is 0 Å². The molecule has 0 saturated heterocycles. The summed E-state index contributed by atoms with van der Waals surface area (Å²) in [5.41, 5.74) is -0.880. The van der Waals surface area contributed by atoms with Crippen molar-refractivity contribution in [1.29, 1.82) is 0 Å². The van der Waals surface area contributed by atoms with Gasteiger partial charge >= 0.3 is 12.0 Å². The molecule has 0 aliphatic heterocycles. The molecule has 21 heavy (non-hydrogen) atoms. The summed E-state index contributed by atoms with van der Waals surface area (Å²) in [6.07, 6.45) is 1.03. The molecule has 0 spiro atoms. The van der Waals surface area contributed by atoms with E-state index >= 15 is 0 Å². The first kappa shape index (κ1) is 16.9. The highest BCUT2D eigenvalue weighted by Crippen LogP contribution is 2.18. The van der Waals surface area contributed by atoms with Gasteiger partial charge in [0, 0.05) is 12.3 Å². The Kier molecular flexibility index (Phi) is 5.25. The van der Waals surface area contributed by atoms with Crippen LogP contribution in [0.25, 0.3) is 0 Å². The van der Waals surface area contributed by atoms with Crippen LogP contribution in [0.1, 0.15) is 17.3 Å². The Morgan fingerprint density at radius 2 is 2.00 bits per heavy atom. The highest BCUT2D eigenvalue weighted by molar-refractivity contribution is 7.90. The van der Waals surface area contributed by atoms with Crippen molar-refractivity contribution in [2.75, 3.05) is 17.3 Å². The number of sulfone groups is 1. The lowest BCUT2D eigenvalue weighted by Crippen LogP contribution is -2.40. The van der Waals surface area contributed by atoms with Crippen molar-refractivity contribution < 1.29 is 27.5 Å². The quantitative estimate of drug-likeness (QED) is 0.752. The number of carboxylic acids is 1. The van der Waals surface area contributed by atoms with Gasteiger partial charge in [-0.15, -0.1) is 0 Å². The molecule has 0 aliphatic carbocycles. The predicted molar refractivity (Wildman–Crippen MR) is 74.7 cm³/mol. The second kappa shape index (κ2) is 6.53. The van der Waals surface area contributed by atoms with Crippen LogP contribution in [0.15, 0.2) is 18.2 Å². The second-order valence-corrected chi connectivity index (χ2v) is 6.74. The molecule has 1 unspecified atom stereocenters. The van der Waals surface area contributed by atoms with Crippen LogP contribution in [0.4, 0.5) is 14.9 Å². The van der Waals surface area contributed by atoms with Crippen LogP contribution in [0.3, 0.4) is 0 Å². The molecular weight excluding hydrogens is 303 g/mol. The number of hydrogen-bond donors (Lipinski definition) is 3. The molecule has 1 rings (SSSR count). The first-order chi connectivity index (χ1) is 9.60. The molecule has 1 atom stereocenters. The zero-order chi connectivity index (χ0) is 16.2. The van der Waals surface area contributed by atoms with Gasteiger partial charge in [0.2, 0.25) is 0 Å². The van der Waals surface area contributed by atoms with Crippen molar-refractivity contribution in [2.24, 2.45) is 0 Å². The number of amides is 2. The van der Waals surface area contributed by atoms with Gasteiger partial charge in [0.05, 0.1) is 11.4 Å². The van der Waals surface area contributed by atoms with Gasteiger partial charge in [-0.25, -0.2) is 22.4 Å². The smallest absolute Gasteiger partial charge is 0.340 e. The maximum atomic E-state index is 13.4. The first-order valence-electron chi connectivity index (χ1n) is 5.87. The van der Waals surface area contributed by atoms with Gasteiger partial charge in [0.15, 0.2) is 0 Å². The van der Waals surface area contributed by atoms with Crippen molar-refractivity contribution in [1.82, 2.24) is 5.32 Å². The number of aromatic carboxylic acids is 1. The highest BCUT2D eigenvalue weighted by atomic mass is 32.2. The van der Waals surface area contributed by atoms with Crippen LogP contribution in [-0.2, 0) is 9.84 Å². The van der Waals surface area contributed by atoms with Gasteiger partial charge in [0.1, 0.15) is 21.2 Å². The molecule has 9 heteroatoms.